The molecule has 234 valence electrons. The summed E-state index contributed by atoms with van der Waals surface area (Å²) in [6.45, 7) is 11.7. The van der Waals surface area contributed by atoms with E-state index in [4.69, 9.17) is 9.72 Å². The van der Waals surface area contributed by atoms with Crippen LogP contribution in [0.2, 0.25) is 0 Å². The van der Waals surface area contributed by atoms with Crippen LogP contribution in [-0.4, -0.2) is 58.6 Å². The Bertz CT molecular complexity index is 1610. The molecule has 5 rings (SSSR count). The van der Waals surface area contributed by atoms with Gasteiger partial charge in [0.05, 0.1) is 40.0 Å². The summed E-state index contributed by atoms with van der Waals surface area (Å²) in [6.07, 6.45) is 0.553. The number of hydrogen-bond acceptors (Lipinski definition) is 7. The van der Waals surface area contributed by atoms with Gasteiger partial charge in [0, 0.05) is 31.6 Å². The van der Waals surface area contributed by atoms with Crippen LogP contribution in [-0.2, 0) is 22.6 Å². The zero-order chi connectivity index (χ0) is 31.6. The number of nitrogens with one attached hydrogen (secondary N) is 2. The van der Waals surface area contributed by atoms with Crippen LogP contribution in [0.5, 0.6) is 0 Å². The number of nitriles is 1. The number of anilines is 1. The van der Waals surface area contributed by atoms with Gasteiger partial charge < -0.3 is 19.5 Å². The van der Waals surface area contributed by atoms with Crippen LogP contribution in [0, 0.1) is 22.2 Å². The Labute approximate surface area is 259 Å². The Morgan fingerprint density at radius 3 is 2.68 bits per heavy atom. The summed E-state index contributed by atoms with van der Waals surface area (Å²) in [5, 5.41) is 16.2. The molecule has 3 aromatic rings. The molecular formula is C32H38F2N6O3S. The van der Waals surface area contributed by atoms with E-state index in [0.717, 1.165) is 35.4 Å². The van der Waals surface area contributed by atoms with E-state index in [1.165, 1.54) is 12.1 Å². The van der Waals surface area contributed by atoms with E-state index >= 15 is 0 Å². The van der Waals surface area contributed by atoms with Crippen LogP contribution < -0.4 is 10.6 Å². The lowest BCUT2D eigenvalue weighted by atomic mass is 9.86. The van der Waals surface area contributed by atoms with Crippen molar-refractivity contribution in [1.29, 1.82) is 5.26 Å². The molecule has 2 aromatic heterocycles. The summed E-state index contributed by atoms with van der Waals surface area (Å²) in [5.41, 5.74) is 2.36. The highest BCUT2D eigenvalue weighted by molar-refractivity contribution is 7.14. The van der Waals surface area contributed by atoms with Crippen molar-refractivity contribution in [3.05, 3.63) is 57.3 Å². The molecule has 0 saturated carbocycles. The molecule has 4 heterocycles. The molecule has 1 atom stereocenters. The summed E-state index contributed by atoms with van der Waals surface area (Å²) in [4.78, 5) is 33.1. The van der Waals surface area contributed by atoms with E-state index in [0.29, 0.717) is 44.8 Å². The summed E-state index contributed by atoms with van der Waals surface area (Å²) < 4.78 is 33.6. The van der Waals surface area contributed by atoms with E-state index < -0.39 is 12.3 Å². The minimum absolute atomic E-state index is 0.103. The molecule has 2 amide bonds. The third-order valence-electron chi connectivity index (χ3n) is 7.83. The third kappa shape index (κ3) is 7.17. The van der Waals surface area contributed by atoms with Gasteiger partial charge in [-0.15, -0.1) is 11.3 Å². The summed E-state index contributed by atoms with van der Waals surface area (Å²) in [5.74, 6) is -0.579. The van der Waals surface area contributed by atoms with Gasteiger partial charge in [-0.3, -0.25) is 14.9 Å². The normalized spacial score (nSPS) is 18.5. The predicted molar refractivity (Wildman–Crippen MR) is 165 cm³/mol. The van der Waals surface area contributed by atoms with Crippen molar-refractivity contribution >= 4 is 40.1 Å². The highest BCUT2D eigenvalue weighted by atomic mass is 32.1. The van der Waals surface area contributed by atoms with Crippen molar-refractivity contribution in [2.45, 2.75) is 66.1 Å². The molecule has 0 unspecified atom stereocenters. The number of carbonyl (C=O) groups excluding carboxylic acids is 2. The van der Waals surface area contributed by atoms with Gasteiger partial charge in [-0.25, -0.2) is 13.8 Å². The number of alkyl halides is 2. The van der Waals surface area contributed by atoms with Crippen molar-refractivity contribution in [1.82, 2.24) is 19.8 Å². The Kier molecular flexibility index (Phi) is 9.20. The quantitative estimate of drug-likeness (QED) is 0.215. The molecule has 0 aliphatic carbocycles. The molecular weight excluding hydrogens is 586 g/mol. The molecule has 0 spiro atoms. The monoisotopic (exact) mass is 624 g/mol. The van der Waals surface area contributed by atoms with Gasteiger partial charge in [-0.2, -0.15) is 5.26 Å². The van der Waals surface area contributed by atoms with Crippen LogP contribution in [0.15, 0.2) is 42.0 Å². The number of thiophene rings is 1. The fourth-order valence-electron chi connectivity index (χ4n) is 5.55. The molecule has 0 bridgehead atoms. The maximum absolute atomic E-state index is 13.6. The molecule has 2 aliphatic rings. The van der Waals surface area contributed by atoms with E-state index in [9.17, 15) is 23.6 Å². The van der Waals surface area contributed by atoms with E-state index in [-0.39, 0.29) is 44.1 Å². The van der Waals surface area contributed by atoms with Gasteiger partial charge in [0.1, 0.15) is 11.6 Å². The third-order valence-corrected chi connectivity index (χ3v) is 8.92. The summed E-state index contributed by atoms with van der Waals surface area (Å²) >= 11 is 0.742. The molecule has 9 nitrogen and oxygen atoms in total. The highest BCUT2D eigenvalue weighted by Crippen LogP contribution is 2.32. The Hall–Kier alpha value is -3.66. The van der Waals surface area contributed by atoms with Crippen molar-refractivity contribution in [2.24, 2.45) is 10.8 Å². The Balaban J connectivity index is 1.45. The van der Waals surface area contributed by atoms with Crippen LogP contribution in [0.4, 0.5) is 14.7 Å². The first-order valence-corrected chi connectivity index (χ1v) is 15.6. The second-order valence-electron chi connectivity index (χ2n) is 13.1. The predicted octanol–water partition coefficient (Wildman–Crippen LogP) is 5.90. The number of likely N-dealkylation sites (tertiary alicyclic amines) is 1. The number of halogens is 2. The number of hydrogen-bond donors (Lipinski definition) is 2. The molecule has 12 heteroatoms. The summed E-state index contributed by atoms with van der Waals surface area (Å²) in [7, 11) is 0. The molecule has 2 fully saturated rings. The topological polar surface area (TPSA) is 112 Å². The fourth-order valence-corrected chi connectivity index (χ4v) is 6.31. The van der Waals surface area contributed by atoms with Crippen molar-refractivity contribution < 1.29 is 23.1 Å². The number of benzene rings is 1. The van der Waals surface area contributed by atoms with Crippen molar-refractivity contribution in [3.8, 4) is 6.07 Å². The average Bonchev–Trinajstić information content (AvgIpc) is 3.70. The molecule has 2 aliphatic heterocycles. The number of fused-ring (bicyclic) bond motifs is 1. The highest BCUT2D eigenvalue weighted by Gasteiger charge is 2.36. The van der Waals surface area contributed by atoms with Gasteiger partial charge in [-0.1, -0.05) is 39.8 Å². The second-order valence-corrected chi connectivity index (χ2v) is 14.2. The molecule has 1 aromatic carbocycles. The van der Waals surface area contributed by atoms with Crippen molar-refractivity contribution in [2.75, 3.05) is 31.6 Å². The van der Waals surface area contributed by atoms with Crippen LogP contribution in [0.3, 0.4) is 0 Å². The Morgan fingerprint density at radius 2 is 2.05 bits per heavy atom. The molecule has 0 radical (unpaired) electrons. The maximum atomic E-state index is 13.6. The minimum Gasteiger partial charge on any atom is -0.379 e. The smallest absolute Gasteiger partial charge is 0.272 e. The zero-order valence-corrected chi connectivity index (χ0v) is 26.3. The lowest BCUT2D eigenvalue weighted by molar-refractivity contribution is -0.128. The first kappa shape index (κ1) is 31.8. The van der Waals surface area contributed by atoms with Gasteiger partial charge in [0.25, 0.3) is 18.2 Å². The lowest BCUT2D eigenvalue weighted by Crippen LogP contribution is -2.41. The summed E-state index contributed by atoms with van der Waals surface area (Å²) in [6, 6.07) is 10.4. The SMILES string of the molecule is CC(C)(C)CNCc1ccc2nc(NC(=O)c3ccc(C(F)F)s3)n(C[C@H]3CCCN3C(=O)C(C#N)=CC3(C)COC3)c2c1. The maximum Gasteiger partial charge on any atom is 0.272 e. The van der Waals surface area contributed by atoms with Gasteiger partial charge in [-0.05, 0) is 48.1 Å². The van der Waals surface area contributed by atoms with Crippen LogP contribution in [0.1, 0.15) is 67.1 Å². The van der Waals surface area contributed by atoms with Gasteiger partial charge in [0.2, 0.25) is 5.95 Å². The first-order chi connectivity index (χ1) is 20.9. The number of amides is 2. The first-order valence-electron chi connectivity index (χ1n) is 14.8. The molecule has 2 saturated heterocycles. The van der Waals surface area contributed by atoms with Crippen LogP contribution >= 0.6 is 11.3 Å². The molecule has 2 N–H and O–H groups in total. The number of carbonyl (C=O) groups is 2. The fraction of sp³-hybridized carbons (Fsp3) is 0.500. The molecule has 44 heavy (non-hydrogen) atoms. The number of aromatic nitrogens is 2. The van der Waals surface area contributed by atoms with E-state index in [2.05, 4.69) is 37.5 Å². The largest absolute Gasteiger partial charge is 0.379 e. The standard InChI is InChI=1S/C32H38F2N6O3S/c1-31(2,3)17-36-15-20-7-8-23-24(12-20)40(30(37-23)38-28(41)26-10-9-25(44-26)27(33)34)16-22-6-5-11-39(22)29(42)21(14-35)13-32(4)18-43-19-32/h7-10,12-13,22,27,36H,5-6,11,15-19H2,1-4H3,(H,37,38,41)/t22-/m1/s1. The average molecular weight is 625 g/mol. The minimum atomic E-state index is -2.66. The van der Waals surface area contributed by atoms with Gasteiger partial charge >= 0.3 is 0 Å². The Morgan fingerprint density at radius 1 is 1.27 bits per heavy atom. The number of ether oxygens (including phenoxy) is 1. The number of rotatable bonds is 10. The zero-order valence-electron chi connectivity index (χ0n) is 25.5. The second kappa shape index (κ2) is 12.8. The van der Waals surface area contributed by atoms with Crippen molar-refractivity contribution in [3.63, 3.8) is 0 Å². The number of nitrogens with zero attached hydrogens (tertiary/aromatic N) is 4. The van der Waals surface area contributed by atoms with Gasteiger partial charge in [0.15, 0.2) is 0 Å². The van der Waals surface area contributed by atoms with Crippen LogP contribution in [0.25, 0.3) is 11.0 Å². The number of imidazole rings is 1. The van der Waals surface area contributed by atoms with E-state index in [1.807, 2.05) is 29.7 Å². The van der Waals surface area contributed by atoms with E-state index in [1.54, 1.807) is 11.0 Å². The lowest BCUT2D eigenvalue weighted by Gasteiger charge is -2.35.